The highest BCUT2D eigenvalue weighted by Crippen LogP contribution is 2.13. The average molecular weight is 306 g/mol. The van der Waals surface area contributed by atoms with Gasteiger partial charge in [-0.15, -0.1) is 0 Å². The minimum atomic E-state index is -0.498. The molecule has 2 aromatic carbocycles. The molecule has 0 aliphatic heterocycles. The van der Waals surface area contributed by atoms with Crippen LogP contribution in [0.1, 0.15) is 28.4 Å². The third kappa shape index (κ3) is 4.30. The number of hydrogen-bond acceptors (Lipinski definition) is 1. The lowest BCUT2D eigenvalue weighted by Crippen LogP contribution is -2.34. The van der Waals surface area contributed by atoms with Gasteiger partial charge in [-0.3, -0.25) is 4.79 Å². The minimum Gasteiger partial charge on any atom is -0.349 e. The summed E-state index contributed by atoms with van der Waals surface area (Å²) in [7, 11) is 0. The quantitative estimate of drug-likeness (QED) is 0.903. The van der Waals surface area contributed by atoms with E-state index in [2.05, 4.69) is 5.32 Å². The highest BCUT2D eigenvalue weighted by atomic mass is 35.5. The van der Waals surface area contributed by atoms with Crippen LogP contribution in [0.15, 0.2) is 42.5 Å². The summed E-state index contributed by atoms with van der Waals surface area (Å²) < 4.78 is 13.8. The van der Waals surface area contributed by atoms with E-state index in [1.165, 1.54) is 12.1 Å². The molecule has 0 spiro atoms. The molecular weight excluding hydrogens is 289 g/mol. The van der Waals surface area contributed by atoms with Gasteiger partial charge < -0.3 is 5.32 Å². The molecule has 0 aliphatic rings. The molecule has 2 rings (SSSR count). The number of hydrogen-bond donors (Lipinski definition) is 1. The number of aryl methyl sites for hydroxylation is 1. The summed E-state index contributed by atoms with van der Waals surface area (Å²) in [4.78, 5) is 12.1. The number of carbonyl (C=O) groups is 1. The fourth-order valence-electron chi connectivity index (χ4n) is 2.17. The first-order valence-electron chi connectivity index (χ1n) is 6.77. The SMILES string of the molecule is Cc1ccc(C(=O)NC(C)Cc2cccc(Cl)c2)c(F)c1. The topological polar surface area (TPSA) is 29.1 Å². The van der Waals surface area contributed by atoms with E-state index in [0.29, 0.717) is 11.4 Å². The van der Waals surface area contributed by atoms with Crippen LogP contribution in [-0.2, 0) is 6.42 Å². The highest BCUT2D eigenvalue weighted by Gasteiger charge is 2.14. The van der Waals surface area contributed by atoms with Crippen molar-refractivity contribution in [2.24, 2.45) is 0 Å². The Bertz CT molecular complexity index is 657. The lowest BCUT2D eigenvalue weighted by atomic mass is 10.1. The van der Waals surface area contributed by atoms with Crippen molar-refractivity contribution in [2.75, 3.05) is 0 Å². The van der Waals surface area contributed by atoms with Gasteiger partial charge in [0.15, 0.2) is 0 Å². The molecule has 1 amide bonds. The summed E-state index contributed by atoms with van der Waals surface area (Å²) in [5.74, 6) is -0.899. The second-order valence-electron chi connectivity index (χ2n) is 5.19. The molecular formula is C17H17ClFNO. The molecule has 4 heteroatoms. The van der Waals surface area contributed by atoms with Crippen LogP contribution < -0.4 is 5.32 Å². The van der Waals surface area contributed by atoms with E-state index in [0.717, 1.165) is 11.1 Å². The van der Waals surface area contributed by atoms with E-state index in [1.807, 2.05) is 25.1 Å². The van der Waals surface area contributed by atoms with Crippen molar-refractivity contribution in [3.05, 3.63) is 70.0 Å². The summed E-state index contributed by atoms with van der Waals surface area (Å²) in [6, 6.07) is 11.9. The lowest BCUT2D eigenvalue weighted by Gasteiger charge is -2.14. The van der Waals surface area contributed by atoms with Gasteiger partial charge in [-0.2, -0.15) is 0 Å². The van der Waals surface area contributed by atoms with E-state index < -0.39 is 11.7 Å². The molecule has 1 unspecified atom stereocenters. The molecule has 0 aliphatic carbocycles. The molecule has 0 aromatic heterocycles. The molecule has 0 saturated carbocycles. The number of carbonyl (C=O) groups excluding carboxylic acids is 1. The van der Waals surface area contributed by atoms with Crippen LogP contribution in [0.3, 0.4) is 0 Å². The van der Waals surface area contributed by atoms with Crippen molar-refractivity contribution in [1.29, 1.82) is 0 Å². The zero-order chi connectivity index (χ0) is 15.4. The van der Waals surface area contributed by atoms with E-state index >= 15 is 0 Å². The van der Waals surface area contributed by atoms with Gasteiger partial charge in [0.05, 0.1) is 5.56 Å². The lowest BCUT2D eigenvalue weighted by molar-refractivity contribution is 0.0936. The molecule has 0 saturated heterocycles. The van der Waals surface area contributed by atoms with Crippen LogP contribution in [0.2, 0.25) is 5.02 Å². The molecule has 1 N–H and O–H groups in total. The zero-order valence-electron chi connectivity index (χ0n) is 12.0. The molecule has 0 heterocycles. The van der Waals surface area contributed by atoms with Crippen molar-refractivity contribution in [2.45, 2.75) is 26.3 Å². The molecule has 1 atom stereocenters. The average Bonchev–Trinajstić information content (AvgIpc) is 2.38. The van der Waals surface area contributed by atoms with Crippen molar-refractivity contribution in [3.8, 4) is 0 Å². The third-order valence-corrected chi connectivity index (χ3v) is 3.41. The molecule has 2 nitrogen and oxygen atoms in total. The van der Waals surface area contributed by atoms with Crippen LogP contribution in [0.25, 0.3) is 0 Å². The van der Waals surface area contributed by atoms with Gasteiger partial charge in [-0.25, -0.2) is 4.39 Å². The minimum absolute atomic E-state index is 0.0681. The number of halogens is 2. The second kappa shape index (κ2) is 6.72. The Hall–Kier alpha value is -1.87. The first-order chi connectivity index (χ1) is 9.95. The van der Waals surface area contributed by atoms with Crippen molar-refractivity contribution >= 4 is 17.5 Å². The summed E-state index contributed by atoms with van der Waals surface area (Å²) >= 11 is 5.93. The number of benzene rings is 2. The number of nitrogens with one attached hydrogen (secondary N) is 1. The maximum absolute atomic E-state index is 13.8. The van der Waals surface area contributed by atoms with Crippen LogP contribution in [0, 0.1) is 12.7 Å². The Morgan fingerprint density at radius 1 is 1.29 bits per heavy atom. The van der Waals surface area contributed by atoms with Crippen LogP contribution in [0.5, 0.6) is 0 Å². The van der Waals surface area contributed by atoms with E-state index in [-0.39, 0.29) is 11.6 Å². The second-order valence-corrected chi connectivity index (χ2v) is 5.63. The summed E-state index contributed by atoms with van der Waals surface area (Å²) in [6.45, 7) is 3.66. The van der Waals surface area contributed by atoms with E-state index in [1.54, 1.807) is 19.1 Å². The Morgan fingerprint density at radius 3 is 2.71 bits per heavy atom. The fourth-order valence-corrected chi connectivity index (χ4v) is 2.39. The predicted octanol–water partition coefficient (Wildman–Crippen LogP) is 4.15. The monoisotopic (exact) mass is 305 g/mol. The van der Waals surface area contributed by atoms with Crippen molar-refractivity contribution in [1.82, 2.24) is 5.32 Å². The molecule has 2 aromatic rings. The molecule has 110 valence electrons. The number of rotatable bonds is 4. The first kappa shape index (κ1) is 15.5. The largest absolute Gasteiger partial charge is 0.349 e. The predicted molar refractivity (Wildman–Crippen MR) is 83.2 cm³/mol. The van der Waals surface area contributed by atoms with Gasteiger partial charge in [0.1, 0.15) is 5.82 Å². The van der Waals surface area contributed by atoms with Crippen LogP contribution in [-0.4, -0.2) is 11.9 Å². The Labute approximate surface area is 128 Å². The van der Waals surface area contributed by atoms with Gasteiger partial charge in [-0.1, -0.05) is 29.8 Å². The van der Waals surface area contributed by atoms with Gasteiger partial charge in [-0.05, 0) is 55.7 Å². The fraction of sp³-hybridized carbons (Fsp3) is 0.235. The standard InChI is InChI=1S/C17H17ClFNO/c1-11-6-7-15(16(19)8-11)17(21)20-12(2)9-13-4-3-5-14(18)10-13/h3-8,10,12H,9H2,1-2H3,(H,20,21). The van der Waals surface area contributed by atoms with Crippen molar-refractivity contribution < 1.29 is 9.18 Å². The Balaban J connectivity index is 2.02. The molecule has 0 radical (unpaired) electrons. The number of amides is 1. The summed E-state index contributed by atoms with van der Waals surface area (Å²) in [6.07, 6.45) is 0.639. The van der Waals surface area contributed by atoms with Gasteiger partial charge in [0.2, 0.25) is 0 Å². The van der Waals surface area contributed by atoms with Gasteiger partial charge in [0, 0.05) is 11.1 Å². The van der Waals surface area contributed by atoms with Gasteiger partial charge >= 0.3 is 0 Å². The van der Waals surface area contributed by atoms with E-state index in [9.17, 15) is 9.18 Å². The molecule has 21 heavy (non-hydrogen) atoms. The summed E-state index contributed by atoms with van der Waals surface area (Å²) in [5, 5.41) is 3.46. The highest BCUT2D eigenvalue weighted by molar-refractivity contribution is 6.30. The van der Waals surface area contributed by atoms with Gasteiger partial charge in [0.25, 0.3) is 5.91 Å². The maximum atomic E-state index is 13.8. The molecule has 0 fully saturated rings. The maximum Gasteiger partial charge on any atom is 0.254 e. The zero-order valence-corrected chi connectivity index (χ0v) is 12.7. The Morgan fingerprint density at radius 2 is 2.05 bits per heavy atom. The summed E-state index contributed by atoms with van der Waals surface area (Å²) in [5.41, 5.74) is 1.88. The molecule has 0 bridgehead atoms. The van der Waals surface area contributed by atoms with Crippen molar-refractivity contribution in [3.63, 3.8) is 0 Å². The first-order valence-corrected chi connectivity index (χ1v) is 7.15. The normalized spacial score (nSPS) is 12.0. The van der Waals surface area contributed by atoms with Crippen LogP contribution >= 0.6 is 11.6 Å². The Kier molecular flexibility index (Phi) is 4.97. The smallest absolute Gasteiger partial charge is 0.254 e. The third-order valence-electron chi connectivity index (χ3n) is 3.18. The van der Waals surface area contributed by atoms with E-state index in [4.69, 9.17) is 11.6 Å². The van der Waals surface area contributed by atoms with Crippen LogP contribution in [0.4, 0.5) is 4.39 Å².